The molecule has 0 bridgehead atoms. The van der Waals surface area contributed by atoms with Gasteiger partial charge in [-0.15, -0.1) is 0 Å². The fourth-order valence-corrected chi connectivity index (χ4v) is 3.05. The minimum Gasteiger partial charge on any atom is -0.343 e. The van der Waals surface area contributed by atoms with Crippen molar-refractivity contribution in [1.82, 2.24) is 10.2 Å². The Labute approximate surface area is 103 Å². The van der Waals surface area contributed by atoms with Gasteiger partial charge in [-0.3, -0.25) is 9.59 Å². The highest BCUT2D eigenvalue weighted by Crippen LogP contribution is 2.29. The highest BCUT2D eigenvalue weighted by atomic mass is 16.2. The molecule has 2 aliphatic rings. The van der Waals surface area contributed by atoms with E-state index >= 15 is 0 Å². The van der Waals surface area contributed by atoms with Crippen molar-refractivity contribution < 1.29 is 9.59 Å². The van der Waals surface area contributed by atoms with Crippen LogP contribution in [-0.4, -0.2) is 35.3 Å². The third-order valence-electron chi connectivity index (χ3n) is 4.17. The molecule has 1 heterocycles. The van der Waals surface area contributed by atoms with Crippen LogP contribution < -0.4 is 5.32 Å². The second-order valence-electron chi connectivity index (χ2n) is 5.39. The normalized spacial score (nSPS) is 29.1. The maximum Gasteiger partial charge on any atom is 0.245 e. The van der Waals surface area contributed by atoms with E-state index in [0.717, 1.165) is 0 Å². The van der Waals surface area contributed by atoms with Crippen LogP contribution in [-0.2, 0) is 9.59 Å². The summed E-state index contributed by atoms with van der Waals surface area (Å²) in [4.78, 5) is 25.4. The summed E-state index contributed by atoms with van der Waals surface area (Å²) in [5.41, 5.74) is 0. The highest BCUT2D eigenvalue weighted by molar-refractivity contribution is 5.94. The summed E-state index contributed by atoms with van der Waals surface area (Å²) in [7, 11) is 0. The van der Waals surface area contributed by atoms with Gasteiger partial charge in [-0.05, 0) is 32.6 Å². The monoisotopic (exact) mass is 238 g/mol. The molecule has 4 heteroatoms. The fourth-order valence-electron chi connectivity index (χ4n) is 3.05. The molecule has 0 spiro atoms. The largest absolute Gasteiger partial charge is 0.343 e. The second kappa shape index (κ2) is 5.07. The van der Waals surface area contributed by atoms with Gasteiger partial charge in [0.25, 0.3) is 0 Å². The number of piperazine rings is 1. The minimum atomic E-state index is -0.359. The van der Waals surface area contributed by atoms with E-state index < -0.39 is 0 Å². The van der Waals surface area contributed by atoms with Crippen LogP contribution in [0.5, 0.6) is 0 Å². The van der Waals surface area contributed by atoms with E-state index in [4.69, 9.17) is 0 Å². The summed E-state index contributed by atoms with van der Waals surface area (Å²) in [5.74, 6) is 0.619. The molecule has 2 rings (SSSR count). The van der Waals surface area contributed by atoms with E-state index in [2.05, 4.69) is 12.2 Å². The first kappa shape index (κ1) is 12.4. The molecule has 1 aliphatic heterocycles. The Kier molecular flexibility index (Phi) is 3.69. The van der Waals surface area contributed by atoms with Crippen LogP contribution in [0.4, 0.5) is 0 Å². The smallest absolute Gasteiger partial charge is 0.245 e. The quantitative estimate of drug-likeness (QED) is 0.788. The van der Waals surface area contributed by atoms with Gasteiger partial charge < -0.3 is 10.2 Å². The van der Waals surface area contributed by atoms with Crippen molar-refractivity contribution in [2.75, 3.05) is 6.54 Å². The lowest BCUT2D eigenvalue weighted by Gasteiger charge is -2.40. The molecule has 4 nitrogen and oxygen atoms in total. The van der Waals surface area contributed by atoms with E-state index in [1.165, 1.54) is 32.1 Å². The van der Waals surface area contributed by atoms with Crippen molar-refractivity contribution >= 4 is 11.8 Å². The number of amides is 2. The number of carbonyl (C=O) groups is 2. The molecule has 1 saturated heterocycles. The van der Waals surface area contributed by atoms with Gasteiger partial charge in [0.1, 0.15) is 6.04 Å². The zero-order valence-electron chi connectivity index (χ0n) is 10.7. The Morgan fingerprint density at radius 3 is 2.53 bits per heavy atom. The Morgan fingerprint density at radius 1 is 1.24 bits per heavy atom. The first-order valence-corrected chi connectivity index (χ1v) is 6.69. The molecule has 1 N–H and O–H groups in total. The number of rotatable bonds is 2. The Morgan fingerprint density at radius 2 is 1.88 bits per heavy atom. The summed E-state index contributed by atoms with van der Waals surface area (Å²) in [6, 6.07) is -0.154. The topological polar surface area (TPSA) is 49.4 Å². The van der Waals surface area contributed by atoms with E-state index in [1.54, 1.807) is 11.8 Å². The molecule has 2 unspecified atom stereocenters. The SMILES string of the molecule is CC1NC(=O)CN(C(C)C2CCCCC2)C1=O. The zero-order valence-corrected chi connectivity index (χ0v) is 10.7. The predicted octanol–water partition coefficient (Wildman–Crippen LogP) is 1.30. The predicted molar refractivity (Wildman–Crippen MR) is 65.4 cm³/mol. The number of nitrogens with zero attached hydrogens (tertiary/aromatic N) is 1. The average molecular weight is 238 g/mol. The van der Waals surface area contributed by atoms with Crippen LogP contribution in [0.15, 0.2) is 0 Å². The lowest BCUT2D eigenvalue weighted by molar-refractivity contribution is -0.147. The second-order valence-corrected chi connectivity index (χ2v) is 5.39. The number of hydrogen-bond donors (Lipinski definition) is 1. The van der Waals surface area contributed by atoms with Gasteiger partial charge in [-0.1, -0.05) is 19.3 Å². The summed E-state index contributed by atoms with van der Waals surface area (Å²) in [5, 5.41) is 2.69. The molecular weight excluding hydrogens is 216 g/mol. The van der Waals surface area contributed by atoms with E-state index in [9.17, 15) is 9.59 Å². The average Bonchev–Trinajstić information content (AvgIpc) is 2.34. The molecule has 0 radical (unpaired) electrons. The Balaban J connectivity index is 2.03. The first-order chi connectivity index (χ1) is 8.09. The minimum absolute atomic E-state index is 0.0280. The molecule has 1 aliphatic carbocycles. The van der Waals surface area contributed by atoms with Gasteiger partial charge in [-0.2, -0.15) is 0 Å². The molecule has 17 heavy (non-hydrogen) atoms. The molecule has 0 aromatic heterocycles. The summed E-state index contributed by atoms with van der Waals surface area (Å²) in [6.07, 6.45) is 6.23. The van der Waals surface area contributed by atoms with Crippen LogP contribution in [0.3, 0.4) is 0 Å². The molecule has 1 saturated carbocycles. The van der Waals surface area contributed by atoms with Gasteiger partial charge in [0, 0.05) is 6.04 Å². The summed E-state index contributed by atoms with van der Waals surface area (Å²) in [6.45, 7) is 4.10. The highest BCUT2D eigenvalue weighted by Gasteiger charge is 2.35. The van der Waals surface area contributed by atoms with Crippen molar-refractivity contribution in [3.63, 3.8) is 0 Å². The van der Waals surface area contributed by atoms with Crippen LogP contribution in [0.1, 0.15) is 46.0 Å². The summed E-state index contributed by atoms with van der Waals surface area (Å²) < 4.78 is 0. The zero-order chi connectivity index (χ0) is 12.4. The van der Waals surface area contributed by atoms with Crippen LogP contribution >= 0.6 is 0 Å². The van der Waals surface area contributed by atoms with Gasteiger partial charge in [-0.25, -0.2) is 0 Å². The van der Waals surface area contributed by atoms with Crippen molar-refractivity contribution in [2.45, 2.75) is 58.0 Å². The van der Waals surface area contributed by atoms with Gasteiger partial charge in [0.05, 0.1) is 6.54 Å². The third kappa shape index (κ3) is 2.61. The van der Waals surface area contributed by atoms with Crippen molar-refractivity contribution in [3.8, 4) is 0 Å². The van der Waals surface area contributed by atoms with Crippen molar-refractivity contribution in [1.29, 1.82) is 0 Å². The Bertz CT molecular complexity index is 311. The number of nitrogens with one attached hydrogen (secondary N) is 1. The lowest BCUT2D eigenvalue weighted by Crippen LogP contribution is -2.60. The maximum absolute atomic E-state index is 12.1. The standard InChI is InChI=1S/C13H22N2O2/c1-9-13(17)15(8-12(16)14-9)10(2)11-6-4-3-5-7-11/h9-11H,3-8H2,1-2H3,(H,14,16). The van der Waals surface area contributed by atoms with Gasteiger partial charge >= 0.3 is 0 Å². The van der Waals surface area contributed by atoms with E-state index in [-0.39, 0.29) is 30.4 Å². The van der Waals surface area contributed by atoms with Crippen LogP contribution in [0.2, 0.25) is 0 Å². The first-order valence-electron chi connectivity index (χ1n) is 6.69. The van der Waals surface area contributed by atoms with Crippen LogP contribution in [0.25, 0.3) is 0 Å². The molecule has 0 aromatic carbocycles. The molecule has 0 aromatic rings. The molecule has 96 valence electrons. The van der Waals surface area contributed by atoms with Crippen molar-refractivity contribution in [3.05, 3.63) is 0 Å². The molecule has 2 atom stereocenters. The van der Waals surface area contributed by atoms with Crippen molar-refractivity contribution in [2.24, 2.45) is 5.92 Å². The van der Waals surface area contributed by atoms with Crippen LogP contribution in [0, 0.1) is 5.92 Å². The number of carbonyl (C=O) groups excluding carboxylic acids is 2. The van der Waals surface area contributed by atoms with Gasteiger partial charge in [0.15, 0.2) is 0 Å². The van der Waals surface area contributed by atoms with E-state index in [0.29, 0.717) is 5.92 Å². The fraction of sp³-hybridized carbons (Fsp3) is 0.846. The lowest BCUT2D eigenvalue weighted by atomic mass is 9.83. The number of hydrogen-bond acceptors (Lipinski definition) is 2. The maximum atomic E-state index is 12.1. The Hall–Kier alpha value is -1.06. The third-order valence-corrected chi connectivity index (χ3v) is 4.17. The molecule has 2 amide bonds. The molecule has 2 fully saturated rings. The van der Waals surface area contributed by atoms with E-state index in [1.807, 2.05) is 0 Å². The summed E-state index contributed by atoms with van der Waals surface area (Å²) >= 11 is 0. The van der Waals surface area contributed by atoms with Gasteiger partial charge in [0.2, 0.25) is 11.8 Å². The molecular formula is C13H22N2O2.